The quantitative estimate of drug-likeness (QED) is 0.772. The van der Waals surface area contributed by atoms with E-state index < -0.39 is 15.8 Å². The van der Waals surface area contributed by atoms with Gasteiger partial charge in [-0.3, -0.25) is 9.40 Å². The Balaban J connectivity index is 1.76. The molecule has 0 spiro atoms. The van der Waals surface area contributed by atoms with Gasteiger partial charge in [-0.05, 0) is 42.3 Å². The molecule has 0 aliphatic carbocycles. The summed E-state index contributed by atoms with van der Waals surface area (Å²) in [5.74, 6) is -0.274. The van der Waals surface area contributed by atoms with Crippen LogP contribution in [0.2, 0.25) is 0 Å². The molecule has 0 aliphatic heterocycles. The van der Waals surface area contributed by atoms with E-state index in [1.54, 1.807) is 16.9 Å². The van der Waals surface area contributed by atoms with Gasteiger partial charge in [0.1, 0.15) is 5.82 Å². The zero-order chi connectivity index (χ0) is 17.2. The summed E-state index contributed by atoms with van der Waals surface area (Å²) in [5, 5.41) is 4.23. The van der Waals surface area contributed by atoms with Gasteiger partial charge in [-0.2, -0.15) is 5.10 Å². The van der Waals surface area contributed by atoms with E-state index in [0.717, 1.165) is 23.3 Å². The van der Waals surface area contributed by atoms with Gasteiger partial charge in [0.15, 0.2) is 5.82 Å². The second-order valence-electron chi connectivity index (χ2n) is 5.38. The average Bonchev–Trinajstić information content (AvgIpc) is 2.96. The zero-order valence-electron chi connectivity index (χ0n) is 13.0. The van der Waals surface area contributed by atoms with Crippen molar-refractivity contribution in [2.24, 2.45) is 0 Å². The molecule has 0 amide bonds. The number of benzene rings is 2. The predicted molar refractivity (Wildman–Crippen MR) is 89.7 cm³/mol. The molecule has 0 saturated carbocycles. The zero-order valence-corrected chi connectivity index (χ0v) is 13.8. The fraction of sp³-hybridized carbons (Fsp3) is 0.118. The van der Waals surface area contributed by atoms with Crippen LogP contribution in [-0.2, 0) is 16.6 Å². The first-order valence-corrected chi connectivity index (χ1v) is 8.79. The van der Waals surface area contributed by atoms with Crippen molar-refractivity contribution in [3.05, 3.63) is 77.7 Å². The maximum Gasteiger partial charge on any atom is 0.263 e. The number of sulfonamides is 1. The van der Waals surface area contributed by atoms with Crippen LogP contribution in [0.25, 0.3) is 0 Å². The first-order chi connectivity index (χ1) is 11.4. The van der Waals surface area contributed by atoms with Gasteiger partial charge in [0.2, 0.25) is 0 Å². The maximum absolute atomic E-state index is 12.9. The minimum Gasteiger partial charge on any atom is -0.266 e. The van der Waals surface area contributed by atoms with Crippen molar-refractivity contribution in [3.8, 4) is 0 Å². The molecule has 0 aliphatic rings. The Morgan fingerprint density at radius 2 is 1.79 bits per heavy atom. The number of aromatic nitrogens is 2. The Morgan fingerprint density at radius 1 is 1.08 bits per heavy atom. The highest BCUT2D eigenvalue weighted by atomic mass is 32.2. The van der Waals surface area contributed by atoms with Gasteiger partial charge in [-0.25, -0.2) is 12.8 Å². The minimum absolute atomic E-state index is 0.0163. The topological polar surface area (TPSA) is 64.0 Å². The van der Waals surface area contributed by atoms with Gasteiger partial charge < -0.3 is 0 Å². The van der Waals surface area contributed by atoms with Crippen molar-refractivity contribution in [1.29, 1.82) is 0 Å². The van der Waals surface area contributed by atoms with Crippen molar-refractivity contribution in [1.82, 2.24) is 9.78 Å². The van der Waals surface area contributed by atoms with Gasteiger partial charge in [0.25, 0.3) is 10.0 Å². The number of aryl methyl sites for hydroxylation is 1. The molecule has 0 saturated heterocycles. The summed E-state index contributed by atoms with van der Waals surface area (Å²) >= 11 is 0. The first-order valence-electron chi connectivity index (χ1n) is 7.30. The summed E-state index contributed by atoms with van der Waals surface area (Å²) in [6, 6.07) is 14.1. The Kier molecular flexibility index (Phi) is 4.35. The largest absolute Gasteiger partial charge is 0.266 e. The minimum atomic E-state index is -3.79. The Bertz CT molecular complexity index is 950. The molecule has 3 aromatic rings. The molecule has 1 heterocycles. The molecule has 5 nitrogen and oxygen atoms in total. The van der Waals surface area contributed by atoms with E-state index in [0.29, 0.717) is 6.54 Å². The number of anilines is 1. The van der Waals surface area contributed by atoms with Gasteiger partial charge in [0.05, 0.1) is 11.4 Å². The van der Waals surface area contributed by atoms with Crippen molar-refractivity contribution >= 4 is 15.8 Å². The summed E-state index contributed by atoms with van der Waals surface area (Å²) in [6.07, 6.45) is 1.70. The number of rotatable bonds is 5. The van der Waals surface area contributed by atoms with Crippen molar-refractivity contribution in [2.75, 3.05) is 4.72 Å². The van der Waals surface area contributed by atoms with Gasteiger partial charge in [0, 0.05) is 12.3 Å². The van der Waals surface area contributed by atoms with Crippen LogP contribution in [0.5, 0.6) is 0 Å². The second-order valence-corrected chi connectivity index (χ2v) is 7.07. The van der Waals surface area contributed by atoms with Crippen molar-refractivity contribution < 1.29 is 12.8 Å². The average molecular weight is 345 g/mol. The van der Waals surface area contributed by atoms with E-state index in [1.165, 1.54) is 12.1 Å². The highest BCUT2D eigenvalue weighted by Gasteiger charge is 2.15. The second kappa shape index (κ2) is 6.45. The molecule has 24 heavy (non-hydrogen) atoms. The smallest absolute Gasteiger partial charge is 0.263 e. The molecule has 1 N–H and O–H groups in total. The molecule has 0 bridgehead atoms. The predicted octanol–water partition coefficient (Wildman–Crippen LogP) is 3.18. The molecule has 3 rings (SSSR count). The lowest BCUT2D eigenvalue weighted by Crippen LogP contribution is -2.14. The number of halogens is 1. The van der Waals surface area contributed by atoms with Crippen LogP contribution in [0.1, 0.15) is 11.1 Å². The van der Waals surface area contributed by atoms with Gasteiger partial charge in [-0.15, -0.1) is 0 Å². The lowest BCUT2D eigenvalue weighted by atomic mass is 10.1. The Hall–Kier alpha value is -2.67. The third-order valence-electron chi connectivity index (χ3n) is 3.60. The molecule has 7 heteroatoms. The fourth-order valence-corrected chi connectivity index (χ4v) is 3.27. The third kappa shape index (κ3) is 3.62. The number of nitrogens with zero attached hydrogens (tertiary/aromatic N) is 2. The van der Waals surface area contributed by atoms with Crippen LogP contribution in [0.3, 0.4) is 0 Å². The molecule has 0 radical (unpaired) electrons. The molecular weight excluding hydrogens is 329 g/mol. The van der Waals surface area contributed by atoms with Crippen LogP contribution in [0.15, 0.2) is 65.7 Å². The van der Waals surface area contributed by atoms with Crippen LogP contribution < -0.4 is 4.72 Å². The summed E-state index contributed by atoms with van der Waals surface area (Å²) in [6.45, 7) is 2.56. The summed E-state index contributed by atoms with van der Waals surface area (Å²) in [4.78, 5) is -0.0163. The van der Waals surface area contributed by atoms with Gasteiger partial charge in [-0.1, -0.05) is 24.3 Å². The number of hydrogen-bond donors (Lipinski definition) is 1. The molecular formula is C17H16FN3O2S. The Labute approximate surface area is 139 Å². The SMILES string of the molecule is Cc1ccccc1Cn1ccc(NS(=O)(=O)c2ccc(F)cc2)n1. The maximum atomic E-state index is 12.9. The normalized spacial score (nSPS) is 11.4. The Morgan fingerprint density at radius 3 is 2.50 bits per heavy atom. The molecule has 1 aromatic heterocycles. The van der Waals surface area contributed by atoms with E-state index >= 15 is 0 Å². The van der Waals surface area contributed by atoms with E-state index in [4.69, 9.17) is 0 Å². The monoisotopic (exact) mass is 345 g/mol. The molecule has 0 unspecified atom stereocenters. The standard InChI is InChI=1S/C17H16FN3O2S/c1-13-4-2-3-5-14(13)12-21-11-10-17(19-21)20-24(22,23)16-8-6-15(18)7-9-16/h2-11H,12H2,1H3,(H,19,20). The number of nitrogens with one attached hydrogen (secondary N) is 1. The van der Waals surface area contributed by atoms with Crippen LogP contribution >= 0.6 is 0 Å². The highest BCUT2D eigenvalue weighted by molar-refractivity contribution is 7.92. The van der Waals surface area contributed by atoms with E-state index in [-0.39, 0.29) is 10.7 Å². The molecule has 124 valence electrons. The van der Waals surface area contributed by atoms with Crippen LogP contribution in [-0.4, -0.2) is 18.2 Å². The first kappa shape index (κ1) is 16.2. The third-order valence-corrected chi connectivity index (χ3v) is 4.97. The van der Waals surface area contributed by atoms with E-state index in [1.807, 2.05) is 31.2 Å². The molecule has 0 atom stereocenters. The van der Waals surface area contributed by atoms with E-state index in [2.05, 4.69) is 9.82 Å². The highest BCUT2D eigenvalue weighted by Crippen LogP contribution is 2.16. The van der Waals surface area contributed by atoms with E-state index in [9.17, 15) is 12.8 Å². The number of hydrogen-bond acceptors (Lipinski definition) is 3. The van der Waals surface area contributed by atoms with Crippen LogP contribution in [0, 0.1) is 12.7 Å². The lowest BCUT2D eigenvalue weighted by molar-refractivity contribution is 0.599. The fourth-order valence-electron chi connectivity index (χ4n) is 2.28. The van der Waals surface area contributed by atoms with Crippen molar-refractivity contribution in [2.45, 2.75) is 18.4 Å². The lowest BCUT2D eigenvalue weighted by Gasteiger charge is -2.07. The molecule has 2 aromatic carbocycles. The summed E-state index contributed by atoms with van der Waals surface area (Å²) in [5.41, 5.74) is 2.25. The molecule has 0 fully saturated rings. The summed E-state index contributed by atoms with van der Waals surface area (Å²) < 4.78 is 41.5. The van der Waals surface area contributed by atoms with Crippen molar-refractivity contribution in [3.63, 3.8) is 0 Å². The van der Waals surface area contributed by atoms with Gasteiger partial charge >= 0.3 is 0 Å². The van der Waals surface area contributed by atoms with Crippen LogP contribution in [0.4, 0.5) is 10.2 Å². The summed E-state index contributed by atoms with van der Waals surface area (Å²) in [7, 11) is -3.79.